The highest BCUT2D eigenvalue weighted by atomic mass is 16.6. The maximum absolute atomic E-state index is 11.0. The van der Waals surface area contributed by atoms with Crippen molar-refractivity contribution in [2.24, 2.45) is 5.92 Å². The van der Waals surface area contributed by atoms with Gasteiger partial charge in [-0.05, 0) is 0 Å². The Morgan fingerprint density at radius 3 is 2.83 bits per heavy atom. The highest BCUT2D eigenvalue weighted by molar-refractivity contribution is 5.78. The van der Waals surface area contributed by atoms with Gasteiger partial charge in [0.05, 0.1) is 17.0 Å². The van der Waals surface area contributed by atoms with Gasteiger partial charge in [-0.2, -0.15) is 0 Å². The molecular formula is C7H10N2O3. The van der Waals surface area contributed by atoms with Crippen LogP contribution in [0.2, 0.25) is 0 Å². The number of rotatable bonds is 1. The van der Waals surface area contributed by atoms with Crippen molar-refractivity contribution in [1.29, 1.82) is 0 Å². The van der Waals surface area contributed by atoms with Crippen LogP contribution >= 0.6 is 0 Å². The van der Waals surface area contributed by atoms with Crippen LogP contribution in [0.5, 0.6) is 0 Å². The highest BCUT2D eigenvalue weighted by Gasteiger charge is 2.29. The number of carbonyl (C=O) groups excluding carboxylic acids is 1. The van der Waals surface area contributed by atoms with E-state index < -0.39 is 4.92 Å². The standard InChI is InChI=1S/C7H10N2O3/c1-5-3-7(10)8(2)4-6(5)9(11)12/h4-5H,3H2,1-2H3. The number of hydrogen-bond donors (Lipinski definition) is 0. The van der Waals surface area contributed by atoms with Gasteiger partial charge in [-0.1, -0.05) is 6.92 Å². The van der Waals surface area contributed by atoms with Gasteiger partial charge in [-0.25, -0.2) is 0 Å². The second-order valence-corrected chi connectivity index (χ2v) is 2.92. The average molecular weight is 170 g/mol. The molecule has 12 heavy (non-hydrogen) atoms. The van der Waals surface area contributed by atoms with E-state index in [0.717, 1.165) is 0 Å². The van der Waals surface area contributed by atoms with Gasteiger partial charge >= 0.3 is 0 Å². The molecular weight excluding hydrogens is 160 g/mol. The van der Waals surface area contributed by atoms with Gasteiger partial charge in [0.25, 0.3) is 5.70 Å². The molecule has 1 atom stereocenters. The van der Waals surface area contributed by atoms with E-state index in [1.54, 1.807) is 6.92 Å². The number of allylic oxidation sites excluding steroid dienone is 1. The smallest absolute Gasteiger partial charge is 0.265 e. The van der Waals surface area contributed by atoms with E-state index >= 15 is 0 Å². The first-order valence-electron chi connectivity index (χ1n) is 3.64. The Bertz CT molecular complexity index is 259. The van der Waals surface area contributed by atoms with Crippen LogP contribution in [0.3, 0.4) is 0 Å². The van der Waals surface area contributed by atoms with E-state index in [2.05, 4.69) is 0 Å². The van der Waals surface area contributed by atoms with Crippen molar-refractivity contribution in [3.8, 4) is 0 Å². The molecule has 1 heterocycles. The number of amides is 1. The van der Waals surface area contributed by atoms with Gasteiger partial charge < -0.3 is 4.90 Å². The Kier molecular flexibility index (Phi) is 2.12. The van der Waals surface area contributed by atoms with Gasteiger partial charge in [0.1, 0.15) is 0 Å². The first-order valence-corrected chi connectivity index (χ1v) is 3.64. The van der Waals surface area contributed by atoms with Crippen LogP contribution in [0.4, 0.5) is 0 Å². The van der Waals surface area contributed by atoms with Crippen molar-refractivity contribution >= 4 is 5.91 Å². The predicted molar refractivity (Wildman–Crippen MR) is 41.6 cm³/mol. The molecule has 0 fully saturated rings. The van der Waals surface area contributed by atoms with E-state index in [0.29, 0.717) is 0 Å². The third-order valence-electron chi connectivity index (χ3n) is 1.92. The summed E-state index contributed by atoms with van der Waals surface area (Å²) in [6.45, 7) is 1.68. The van der Waals surface area contributed by atoms with Crippen molar-refractivity contribution in [3.05, 3.63) is 22.0 Å². The van der Waals surface area contributed by atoms with Crippen LogP contribution in [0.1, 0.15) is 13.3 Å². The minimum absolute atomic E-state index is 0.0758. The zero-order valence-electron chi connectivity index (χ0n) is 6.98. The molecule has 0 aromatic rings. The molecule has 1 rings (SSSR count). The zero-order valence-corrected chi connectivity index (χ0v) is 6.98. The molecule has 0 radical (unpaired) electrons. The van der Waals surface area contributed by atoms with Crippen LogP contribution in [0, 0.1) is 16.0 Å². The first-order chi connectivity index (χ1) is 5.52. The lowest BCUT2D eigenvalue weighted by Gasteiger charge is -2.20. The third-order valence-corrected chi connectivity index (χ3v) is 1.92. The zero-order chi connectivity index (χ0) is 9.30. The monoisotopic (exact) mass is 170 g/mol. The Labute approximate surface area is 69.8 Å². The summed E-state index contributed by atoms with van der Waals surface area (Å²) in [6, 6.07) is 0. The normalized spacial score (nSPS) is 23.8. The predicted octanol–water partition coefficient (Wildman–Crippen LogP) is 0.603. The van der Waals surface area contributed by atoms with Crippen molar-refractivity contribution < 1.29 is 9.72 Å². The summed E-state index contributed by atoms with van der Waals surface area (Å²) in [4.78, 5) is 22.3. The van der Waals surface area contributed by atoms with Gasteiger partial charge in [0, 0.05) is 13.5 Å². The van der Waals surface area contributed by atoms with Gasteiger partial charge in [0.15, 0.2) is 0 Å². The molecule has 0 N–H and O–H groups in total. The van der Waals surface area contributed by atoms with E-state index in [-0.39, 0.29) is 23.9 Å². The van der Waals surface area contributed by atoms with Crippen LogP contribution in [0.15, 0.2) is 11.9 Å². The molecule has 5 nitrogen and oxygen atoms in total. The van der Waals surface area contributed by atoms with Crippen molar-refractivity contribution in [3.63, 3.8) is 0 Å². The minimum atomic E-state index is -0.437. The fourth-order valence-corrected chi connectivity index (χ4v) is 1.14. The van der Waals surface area contributed by atoms with Crippen molar-refractivity contribution in [1.82, 2.24) is 4.90 Å². The molecule has 0 saturated carbocycles. The fraction of sp³-hybridized carbons (Fsp3) is 0.571. The van der Waals surface area contributed by atoms with Crippen LogP contribution in [0.25, 0.3) is 0 Å². The number of nitrogens with zero attached hydrogens (tertiary/aromatic N) is 2. The van der Waals surface area contributed by atoms with E-state index in [4.69, 9.17) is 0 Å². The minimum Gasteiger partial charge on any atom is -0.316 e. The number of hydrogen-bond acceptors (Lipinski definition) is 3. The van der Waals surface area contributed by atoms with Gasteiger partial charge in [-0.15, -0.1) is 0 Å². The summed E-state index contributed by atoms with van der Waals surface area (Å²) < 4.78 is 0. The number of nitro groups is 1. The molecule has 1 aliphatic heterocycles. The van der Waals surface area contributed by atoms with E-state index in [1.807, 2.05) is 0 Å². The number of carbonyl (C=O) groups is 1. The lowest BCUT2D eigenvalue weighted by molar-refractivity contribution is -0.434. The van der Waals surface area contributed by atoms with Crippen molar-refractivity contribution in [2.75, 3.05) is 7.05 Å². The molecule has 0 bridgehead atoms. The van der Waals surface area contributed by atoms with Crippen LogP contribution in [-0.4, -0.2) is 22.8 Å². The summed E-state index contributed by atoms with van der Waals surface area (Å²) in [5.74, 6) is -0.350. The first kappa shape index (κ1) is 8.70. The Hall–Kier alpha value is -1.39. The summed E-state index contributed by atoms with van der Waals surface area (Å²) >= 11 is 0. The van der Waals surface area contributed by atoms with Gasteiger partial charge in [-0.3, -0.25) is 14.9 Å². The Morgan fingerprint density at radius 1 is 1.75 bits per heavy atom. The molecule has 5 heteroatoms. The quantitative estimate of drug-likeness (QED) is 0.427. The molecule has 0 saturated heterocycles. The maximum Gasteiger partial charge on any atom is 0.265 e. The molecule has 0 aromatic carbocycles. The van der Waals surface area contributed by atoms with Crippen LogP contribution in [-0.2, 0) is 4.79 Å². The van der Waals surface area contributed by atoms with E-state index in [1.165, 1.54) is 18.1 Å². The largest absolute Gasteiger partial charge is 0.316 e. The SMILES string of the molecule is CC1CC(=O)N(C)C=C1[N+](=O)[O-]. The third kappa shape index (κ3) is 1.44. The molecule has 66 valence electrons. The maximum atomic E-state index is 11.0. The lowest BCUT2D eigenvalue weighted by atomic mass is 10.0. The molecule has 0 aromatic heterocycles. The summed E-state index contributed by atoms with van der Waals surface area (Å²) in [6.07, 6.45) is 1.51. The summed E-state index contributed by atoms with van der Waals surface area (Å²) in [5.41, 5.74) is 0.108. The summed E-state index contributed by atoms with van der Waals surface area (Å²) in [7, 11) is 1.53. The van der Waals surface area contributed by atoms with Crippen LogP contribution < -0.4 is 0 Å². The molecule has 1 unspecified atom stereocenters. The van der Waals surface area contributed by atoms with Gasteiger partial charge in [0.2, 0.25) is 5.91 Å². The molecule has 0 spiro atoms. The summed E-state index contributed by atoms with van der Waals surface area (Å²) in [5, 5.41) is 10.4. The van der Waals surface area contributed by atoms with E-state index in [9.17, 15) is 14.9 Å². The highest BCUT2D eigenvalue weighted by Crippen LogP contribution is 2.21. The Balaban J connectivity index is 2.93. The topological polar surface area (TPSA) is 63.5 Å². The average Bonchev–Trinajstić information content (AvgIpc) is 1.96. The second-order valence-electron chi connectivity index (χ2n) is 2.92. The molecule has 0 aliphatic carbocycles. The second kappa shape index (κ2) is 2.92. The fourth-order valence-electron chi connectivity index (χ4n) is 1.14. The molecule has 1 amide bonds. The lowest BCUT2D eigenvalue weighted by Crippen LogP contribution is -2.31. The van der Waals surface area contributed by atoms with Crippen molar-refractivity contribution in [2.45, 2.75) is 13.3 Å². The Morgan fingerprint density at radius 2 is 2.33 bits per heavy atom. The molecule has 1 aliphatic rings.